The smallest absolute Gasteiger partial charge is 0.133 e. The molecule has 12 aliphatic carbocycles. The fourth-order valence-electron chi connectivity index (χ4n) is 21.5. The summed E-state index contributed by atoms with van der Waals surface area (Å²) in [5.41, 5.74) is -1.79. The molecule has 0 unspecified atom stereocenters. The van der Waals surface area contributed by atoms with Crippen LogP contribution in [0, 0.1) is 121 Å². The second-order valence-corrected chi connectivity index (χ2v) is 28.1. The molecule has 0 aliphatic heterocycles. The van der Waals surface area contributed by atoms with Crippen LogP contribution in [0.25, 0.3) is 0 Å². The Bertz CT molecular complexity index is 2320. The first kappa shape index (κ1) is 42.2. The van der Waals surface area contributed by atoms with Crippen molar-refractivity contribution in [1.82, 2.24) is 0 Å². The average Bonchev–Trinajstić information content (AvgIpc) is 4.13. The molecule has 0 aromatic carbocycles. The molecule has 12 aliphatic rings. The third-order valence-electron chi connectivity index (χ3n) is 25.5. The largest absolute Gasteiger partial charge is 0.393 e. The zero-order valence-corrected chi connectivity index (χ0v) is 44.8. The van der Waals surface area contributed by atoms with Gasteiger partial charge in [0.05, 0.1) is 18.3 Å². The van der Waals surface area contributed by atoms with E-state index in [-0.39, 0.29) is 106 Å². The molecule has 6 heteroatoms. The predicted molar refractivity (Wildman–Crippen MR) is 276 cm³/mol. The van der Waals surface area contributed by atoms with Crippen LogP contribution in [-0.4, -0.2) is 51.0 Å². The molecule has 24 atom stereocenters. The Morgan fingerprint density at radius 1 is 0.406 bits per heavy atom. The number of rotatable bonds is 3. The highest BCUT2D eigenvalue weighted by molar-refractivity contribution is 5.80. The third-order valence-corrected chi connectivity index (χ3v) is 25.5. The lowest BCUT2D eigenvalue weighted by atomic mass is 9.44. The summed E-state index contributed by atoms with van der Waals surface area (Å²) < 4.78 is 72.8. The lowest BCUT2D eigenvalue weighted by Gasteiger charge is -2.60. The van der Waals surface area contributed by atoms with E-state index in [2.05, 4.69) is 27.7 Å². The van der Waals surface area contributed by atoms with Crippen molar-refractivity contribution in [3.63, 3.8) is 0 Å². The number of carbonyl (C=O) groups is 3. The summed E-state index contributed by atoms with van der Waals surface area (Å²) in [6.07, 6.45) is 15.4. The van der Waals surface area contributed by atoms with Crippen molar-refractivity contribution < 1.29 is 40.7 Å². The molecule has 390 valence electrons. The Hall–Kier alpha value is -1.11. The number of carbonyl (C=O) groups excluding carboxylic acids is 3. The van der Waals surface area contributed by atoms with Gasteiger partial charge in [-0.2, -0.15) is 0 Å². The lowest BCUT2D eigenvalue weighted by Crippen LogP contribution is -2.54. The predicted octanol–water partition coefficient (Wildman–Crippen LogP) is 13.8. The van der Waals surface area contributed by atoms with E-state index < -0.39 is 41.7 Å². The Morgan fingerprint density at radius 3 is 1.35 bits per heavy atom. The van der Waals surface area contributed by atoms with Crippen LogP contribution in [0.3, 0.4) is 0 Å². The van der Waals surface area contributed by atoms with Crippen molar-refractivity contribution in [2.24, 2.45) is 121 Å². The van der Waals surface area contributed by atoms with Gasteiger partial charge in [0.15, 0.2) is 0 Å². The second-order valence-electron chi connectivity index (χ2n) is 28.1. The average molecular weight is 964 g/mol. The molecular weight excluding hydrogens is 853 g/mol. The molecule has 0 aromatic heterocycles. The number of aliphatic hydroxyl groups excluding tert-OH is 3. The summed E-state index contributed by atoms with van der Waals surface area (Å²) >= 11 is 0. The van der Waals surface area contributed by atoms with Crippen molar-refractivity contribution in [2.75, 3.05) is 0 Å². The standard InChI is InChI=1S/3C21H34O2/c3*1-13(22)17-6-7-18-16-5-4-14-12-15(23)8-10-20(14,2)19(16)9-11-21(17,18)3/h3*14-19,23H,4-12H2,1-3H3/t3*14-,15-,16+,17-,18+,19+,20+,21-/m111/s1/i11D2,19D;9D2,11D2;17D. The SMILES string of the molecule is [2H]C1([2H])C[C@@]2([2H])[C@@H](CC[C@@H]3C[C@H](O)CC[C@@]32C)[C@@H]2CC[C@H](C(C)=O)[C@]21C.[2H]C1([2H])[C@H]2[C@@H](CC[C@@H]3C[C@H](O)CC[C@@]32C)[C@@H]2CC[C@H](C(C)=O)[C@@]2(C)C1([2H])[2H].[2H][C@]1(C(C)=O)CC[C@H]2[C@@H]3CC[C@@H]4C[C@H](O)CC[C@]4(C)[C@H]3CC[C@@]21C. The minimum atomic E-state index is -2.04. The van der Waals surface area contributed by atoms with Gasteiger partial charge in [-0.15, -0.1) is 0 Å². The maximum Gasteiger partial charge on any atom is 0.133 e. The van der Waals surface area contributed by atoms with Gasteiger partial charge in [0.2, 0.25) is 0 Å². The molecule has 3 N–H and O–H groups in total. The van der Waals surface area contributed by atoms with Gasteiger partial charge in [-0.25, -0.2) is 0 Å². The van der Waals surface area contributed by atoms with Crippen LogP contribution in [0.2, 0.25) is 0 Å². The van der Waals surface area contributed by atoms with E-state index in [9.17, 15) is 31.1 Å². The van der Waals surface area contributed by atoms with Crippen molar-refractivity contribution >= 4 is 17.3 Å². The maximum atomic E-state index is 12.4. The molecule has 0 bridgehead atoms. The highest BCUT2D eigenvalue weighted by Gasteiger charge is 2.64. The van der Waals surface area contributed by atoms with Gasteiger partial charge in [0.1, 0.15) is 17.3 Å². The van der Waals surface area contributed by atoms with Gasteiger partial charge in [0.25, 0.3) is 0 Å². The molecule has 0 heterocycles. The van der Waals surface area contributed by atoms with Crippen molar-refractivity contribution in [2.45, 2.75) is 254 Å². The number of Topliss-reactive ketones (excluding diaryl/α,β-unsaturated/α-hetero) is 3. The van der Waals surface area contributed by atoms with Gasteiger partial charge in [-0.05, 0) is 297 Å². The topological polar surface area (TPSA) is 112 Å². The maximum absolute atomic E-state index is 12.4. The van der Waals surface area contributed by atoms with Crippen LogP contribution < -0.4 is 0 Å². The van der Waals surface area contributed by atoms with Crippen LogP contribution in [0.5, 0.6) is 0 Å². The van der Waals surface area contributed by atoms with E-state index in [0.29, 0.717) is 41.9 Å². The van der Waals surface area contributed by atoms with Crippen LogP contribution in [-0.2, 0) is 14.4 Å². The molecule has 6 nitrogen and oxygen atoms in total. The van der Waals surface area contributed by atoms with E-state index in [0.717, 1.165) is 115 Å². The van der Waals surface area contributed by atoms with Gasteiger partial charge in [-0.1, -0.05) is 41.5 Å². The first-order chi connectivity index (χ1) is 35.6. The summed E-state index contributed by atoms with van der Waals surface area (Å²) in [5, 5.41) is 30.4. The number of ketones is 3. The van der Waals surface area contributed by atoms with Gasteiger partial charge >= 0.3 is 0 Å². The van der Waals surface area contributed by atoms with Gasteiger partial charge < -0.3 is 15.3 Å². The number of hydrogen-bond acceptors (Lipinski definition) is 6. The second kappa shape index (κ2) is 18.6. The summed E-state index contributed by atoms with van der Waals surface area (Å²) in [5.74, 6) is 1.46. The number of aliphatic hydroxyl groups is 3. The summed E-state index contributed by atoms with van der Waals surface area (Å²) in [6, 6.07) is 0. The quantitative estimate of drug-likeness (QED) is 0.260. The molecule has 12 fully saturated rings. The molecule has 0 amide bonds. The molecule has 0 radical (unpaired) electrons. The molecule has 69 heavy (non-hydrogen) atoms. The zero-order valence-electron chi connectivity index (χ0n) is 52.8. The van der Waals surface area contributed by atoms with E-state index in [1.807, 2.05) is 13.8 Å². The fraction of sp³-hybridized carbons (Fsp3) is 0.952. The zero-order chi connectivity index (χ0) is 56.4. The van der Waals surface area contributed by atoms with Crippen molar-refractivity contribution in [1.29, 1.82) is 0 Å². The molecule has 0 aromatic rings. The van der Waals surface area contributed by atoms with E-state index in [1.54, 1.807) is 20.8 Å². The van der Waals surface area contributed by atoms with Gasteiger partial charge in [-0.3, -0.25) is 14.4 Å². The lowest BCUT2D eigenvalue weighted by molar-refractivity contribution is -0.138. The van der Waals surface area contributed by atoms with Gasteiger partial charge in [0, 0.05) is 28.7 Å². The molecule has 12 rings (SSSR count). The van der Waals surface area contributed by atoms with Crippen LogP contribution in [0.15, 0.2) is 0 Å². The van der Waals surface area contributed by atoms with Crippen molar-refractivity contribution in [3.8, 4) is 0 Å². The first-order valence-electron chi connectivity index (χ1n) is 33.1. The van der Waals surface area contributed by atoms with Crippen LogP contribution >= 0.6 is 0 Å². The normalized spacial score (nSPS) is 61.7. The molecular formula is C63H102O6. The van der Waals surface area contributed by atoms with Crippen molar-refractivity contribution in [3.05, 3.63) is 0 Å². The van der Waals surface area contributed by atoms with Crippen LogP contribution in [0.1, 0.15) is 246 Å². The monoisotopic (exact) mass is 963 g/mol. The minimum absolute atomic E-state index is 0.0128. The number of fused-ring (bicyclic) bond motifs is 15. The first-order valence-corrected chi connectivity index (χ1v) is 29.1. The number of hydrogen-bond donors (Lipinski definition) is 3. The summed E-state index contributed by atoms with van der Waals surface area (Å²) in [6.45, 7) is 17.8. The molecule has 0 saturated heterocycles. The Kier molecular flexibility index (Phi) is 11.4. The highest BCUT2D eigenvalue weighted by Crippen LogP contribution is 2.71. The highest BCUT2D eigenvalue weighted by atomic mass is 16.3. The molecule has 0 spiro atoms. The molecule has 12 saturated carbocycles. The summed E-state index contributed by atoms with van der Waals surface area (Å²) in [4.78, 5) is 37.0. The third kappa shape index (κ3) is 8.24. The fourth-order valence-corrected chi connectivity index (χ4v) is 21.5. The van der Waals surface area contributed by atoms with E-state index in [4.69, 9.17) is 9.60 Å². The minimum Gasteiger partial charge on any atom is -0.393 e. The van der Waals surface area contributed by atoms with E-state index >= 15 is 0 Å². The Labute approximate surface area is 431 Å². The van der Waals surface area contributed by atoms with Crippen LogP contribution in [0.4, 0.5) is 0 Å². The Morgan fingerprint density at radius 2 is 0.812 bits per heavy atom. The van der Waals surface area contributed by atoms with E-state index in [1.165, 1.54) is 25.7 Å². The summed E-state index contributed by atoms with van der Waals surface area (Å²) in [7, 11) is 0. The Balaban J connectivity index is 0.000000131.